The molecule has 4 aliphatic heterocycles. The summed E-state index contributed by atoms with van der Waals surface area (Å²) in [4.78, 5) is 23.4. The number of unbranched alkanes of at least 4 members (excludes halogenated alkanes) is 6. The first kappa shape index (κ1) is 92.4. The van der Waals surface area contributed by atoms with Crippen LogP contribution in [0.4, 0.5) is 0 Å². The molecule has 16 nitrogen and oxygen atoms in total. The molecule has 0 radical (unpaired) electrons. The van der Waals surface area contributed by atoms with Gasteiger partial charge < -0.3 is 64.1 Å². The summed E-state index contributed by atoms with van der Waals surface area (Å²) in [6.45, 7) is 46.1. The van der Waals surface area contributed by atoms with E-state index in [-0.39, 0.29) is 42.7 Å². The molecule has 1 saturated heterocycles. The Morgan fingerprint density at radius 3 is 1.09 bits per heavy atom. The van der Waals surface area contributed by atoms with Crippen molar-refractivity contribution in [3.05, 3.63) is 161 Å². The first-order valence-electron chi connectivity index (χ1n) is 44.3. The van der Waals surface area contributed by atoms with Crippen LogP contribution in [0.2, 0.25) is 0 Å². The second kappa shape index (κ2) is 47.9. The number of fused-ring (bicyclic) bond motifs is 3. The van der Waals surface area contributed by atoms with Gasteiger partial charge in [-0.2, -0.15) is 0 Å². The molecule has 0 bridgehead atoms. The summed E-state index contributed by atoms with van der Waals surface area (Å²) in [5.41, 5.74) is 9.02. The minimum absolute atomic E-state index is 0.113. The molecule has 10 rings (SSSR count). The Morgan fingerprint density at radius 2 is 0.781 bits per heavy atom. The average molecular weight is 1570 g/mol. The van der Waals surface area contributed by atoms with E-state index in [2.05, 4.69) is 252 Å². The number of likely N-dealkylation sites (N-methyl/N-ethyl adjacent to an activating group) is 2. The number of epoxide rings is 1. The highest BCUT2D eigenvalue weighted by molar-refractivity contribution is 6.17. The molecule has 4 heterocycles. The lowest BCUT2D eigenvalue weighted by molar-refractivity contribution is -0.0363. The van der Waals surface area contributed by atoms with Crippen molar-refractivity contribution in [2.24, 2.45) is 33.2 Å². The molecular weight excluding hydrogens is 1420 g/mol. The van der Waals surface area contributed by atoms with Gasteiger partial charge in [0.15, 0.2) is 0 Å². The number of nitrogens with one attached hydrogen (secondary N) is 2. The summed E-state index contributed by atoms with van der Waals surface area (Å²) in [5, 5.41) is 50.4. The standard InChI is InChI=1S/C62H90N4O6.C26H33NO3.C10H24N2/c1-11-45(7)27-25-37-61(9)53(13-3)59(63-71-61)57-51-31-21-19-29-47(51)33-35-55(57)69-43-49(67)41-65(15-5)39-23-17-18-24-40-66(16-6)42-50(68)44-70-56-36-34-48-30-20-22-32-52(48)58(56)60-54(14-4)62(10,72-64-60)38-26-28-46(8)12-2;1-5-18(3)10-9-15-26(4)22(6-2)25(27-30-26)24-21-12-8-7-11-19(21)13-14-23(24)29-17-20-16-28-20;1-3-11-9-7-5-6-8-10-12-4-2/h19-22,27-36,49-50,53-54,67-68H,11-18,23-26,37-44H2,1-10H3;7-8,10-14,20,22H,5-6,9,15-17H2,1-4H3;11-12H,3-10H2,1-2H3/b45-27-,46-28-;18-10-;. The van der Waals surface area contributed by atoms with Crippen molar-refractivity contribution >= 4 is 49.5 Å². The van der Waals surface area contributed by atoms with Gasteiger partial charge in [0.2, 0.25) is 0 Å². The molecule has 4 N–H and O–H groups in total. The van der Waals surface area contributed by atoms with Crippen LogP contribution in [0.15, 0.2) is 160 Å². The molecule has 9 unspecified atom stereocenters. The zero-order chi connectivity index (χ0) is 81.9. The zero-order valence-corrected chi connectivity index (χ0v) is 73.1. The summed E-state index contributed by atoms with van der Waals surface area (Å²) in [7, 11) is 0. The zero-order valence-electron chi connectivity index (χ0n) is 73.1. The van der Waals surface area contributed by atoms with Crippen LogP contribution in [0.25, 0.3) is 32.3 Å². The first-order valence-corrected chi connectivity index (χ1v) is 44.3. The molecule has 6 aromatic rings. The maximum Gasteiger partial charge on any atom is 0.143 e. The van der Waals surface area contributed by atoms with Crippen LogP contribution in [0, 0.1) is 17.8 Å². The van der Waals surface area contributed by atoms with Gasteiger partial charge in [-0.05, 0) is 247 Å². The number of rotatable bonds is 49. The normalized spacial score (nSPS) is 21.4. The number of oxime groups is 3. The first-order chi connectivity index (χ1) is 55.3. The highest BCUT2D eigenvalue weighted by atomic mass is 16.7. The predicted molar refractivity (Wildman–Crippen MR) is 478 cm³/mol. The van der Waals surface area contributed by atoms with E-state index in [1.54, 1.807) is 0 Å². The number of hydrogen-bond acceptors (Lipinski definition) is 16. The van der Waals surface area contributed by atoms with Crippen LogP contribution in [0.1, 0.15) is 256 Å². The van der Waals surface area contributed by atoms with Crippen LogP contribution in [0.3, 0.4) is 0 Å². The molecule has 6 aromatic carbocycles. The fraction of sp³-hybridized carbons (Fsp3) is 0.602. The predicted octanol–water partition coefficient (Wildman–Crippen LogP) is 21.7. The molecule has 0 aliphatic carbocycles. The van der Waals surface area contributed by atoms with Crippen molar-refractivity contribution in [2.45, 2.75) is 274 Å². The van der Waals surface area contributed by atoms with Gasteiger partial charge in [0.05, 0.1) is 23.7 Å². The molecule has 628 valence electrons. The van der Waals surface area contributed by atoms with Crippen molar-refractivity contribution in [1.29, 1.82) is 0 Å². The molecule has 0 saturated carbocycles. The maximum absolute atomic E-state index is 11.3. The van der Waals surface area contributed by atoms with Gasteiger partial charge in [-0.15, -0.1) is 0 Å². The van der Waals surface area contributed by atoms with E-state index >= 15 is 0 Å². The van der Waals surface area contributed by atoms with Crippen molar-refractivity contribution < 1.29 is 43.7 Å². The van der Waals surface area contributed by atoms with Crippen LogP contribution >= 0.6 is 0 Å². The lowest BCUT2D eigenvalue weighted by Crippen LogP contribution is -2.37. The van der Waals surface area contributed by atoms with Crippen LogP contribution in [0.5, 0.6) is 17.2 Å². The van der Waals surface area contributed by atoms with Gasteiger partial charge in [-0.25, -0.2) is 0 Å². The molecule has 114 heavy (non-hydrogen) atoms. The minimum atomic E-state index is -0.643. The third-order valence-electron chi connectivity index (χ3n) is 24.2. The molecule has 4 aliphatic rings. The number of nitrogens with zero attached hydrogens (tertiary/aromatic N) is 5. The number of ether oxygens (including phenoxy) is 4. The SMILES string of the molecule is CC/C(C)=C\CCC1(C)ON=C(c2c(OCC(O)CN(CC)CCCCCCN(CC)CC(O)COc3ccc4ccccc4c3C3=NOC(C)(CC/C=C(/C)CC)C3CC)ccc3ccccc23)C1CC.CC/C(C)=C\CCC1(C)ON=C(c2c(OCC3CO3)ccc3ccccc23)C1CC.CCNCCCCCCNCC. The third-order valence-corrected chi connectivity index (χ3v) is 24.2. The summed E-state index contributed by atoms with van der Waals surface area (Å²) < 4.78 is 24.6. The Balaban J connectivity index is 0.000000314. The number of aliphatic hydroxyl groups excluding tert-OH is 2. The third kappa shape index (κ3) is 26.7. The van der Waals surface area contributed by atoms with Crippen LogP contribution in [-0.2, 0) is 19.2 Å². The summed E-state index contributed by atoms with van der Waals surface area (Å²) in [6, 6.07) is 37.7. The highest BCUT2D eigenvalue weighted by Crippen LogP contribution is 2.46. The topological polar surface area (TPSA) is 176 Å². The molecule has 16 heteroatoms. The van der Waals surface area contributed by atoms with Crippen molar-refractivity contribution in [3.8, 4) is 17.2 Å². The summed E-state index contributed by atoms with van der Waals surface area (Å²) in [6.07, 6.45) is 27.3. The summed E-state index contributed by atoms with van der Waals surface area (Å²) >= 11 is 0. The van der Waals surface area contributed by atoms with E-state index in [9.17, 15) is 10.2 Å². The molecular formula is C98H147N7O9. The molecule has 1 fully saturated rings. The van der Waals surface area contributed by atoms with Crippen molar-refractivity contribution in [3.63, 3.8) is 0 Å². The Kier molecular flexibility index (Phi) is 38.8. The fourth-order valence-electron chi connectivity index (χ4n) is 16.5. The highest BCUT2D eigenvalue weighted by Gasteiger charge is 2.48. The van der Waals surface area contributed by atoms with E-state index in [4.69, 9.17) is 43.8 Å². The summed E-state index contributed by atoms with van der Waals surface area (Å²) in [5.74, 6) is 2.79. The average Bonchev–Trinajstić information content (AvgIpc) is 1.63. The van der Waals surface area contributed by atoms with Gasteiger partial charge in [0.1, 0.15) is 72.2 Å². The van der Waals surface area contributed by atoms with Crippen LogP contribution in [-0.4, -0.2) is 164 Å². The number of allylic oxidation sites excluding steroid dienone is 6. The molecule has 0 aromatic heterocycles. The van der Waals surface area contributed by atoms with Gasteiger partial charge in [0, 0.05) is 47.5 Å². The molecule has 0 amide bonds. The Bertz CT molecular complexity index is 3890. The van der Waals surface area contributed by atoms with Crippen LogP contribution < -0.4 is 24.8 Å². The van der Waals surface area contributed by atoms with Gasteiger partial charge in [-0.3, -0.25) is 0 Å². The monoisotopic (exact) mass is 1570 g/mol. The van der Waals surface area contributed by atoms with E-state index in [1.165, 1.54) is 66.3 Å². The van der Waals surface area contributed by atoms with E-state index in [0.717, 1.165) is 221 Å². The van der Waals surface area contributed by atoms with E-state index < -0.39 is 23.4 Å². The van der Waals surface area contributed by atoms with Gasteiger partial charge >= 0.3 is 0 Å². The van der Waals surface area contributed by atoms with Gasteiger partial charge in [0.25, 0.3) is 0 Å². The Labute approximate surface area is 687 Å². The smallest absolute Gasteiger partial charge is 0.143 e. The van der Waals surface area contributed by atoms with Crippen molar-refractivity contribution in [2.75, 3.05) is 91.9 Å². The Hall–Kier alpha value is -7.15. The quantitative estimate of drug-likeness (QED) is 0.0161. The lowest BCUT2D eigenvalue weighted by atomic mass is 9.78. The number of benzene rings is 6. The minimum Gasteiger partial charge on any atom is -0.490 e. The Morgan fingerprint density at radius 1 is 0.456 bits per heavy atom. The second-order valence-electron chi connectivity index (χ2n) is 32.8. The number of aliphatic hydroxyl groups is 2. The largest absolute Gasteiger partial charge is 0.490 e. The van der Waals surface area contributed by atoms with Gasteiger partial charge in [-0.1, -0.05) is 236 Å². The molecule has 9 atom stereocenters. The lowest BCUT2D eigenvalue weighted by Gasteiger charge is -2.29. The van der Waals surface area contributed by atoms with E-state index in [1.807, 2.05) is 12.1 Å². The number of hydrogen-bond donors (Lipinski definition) is 4. The second-order valence-corrected chi connectivity index (χ2v) is 32.8. The van der Waals surface area contributed by atoms with Crippen molar-refractivity contribution in [1.82, 2.24) is 20.4 Å². The molecule has 0 spiro atoms. The van der Waals surface area contributed by atoms with E-state index in [0.29, 0.717) is 19.7 Å². The maximum atomic E-state index is 11.3. The fourth-order valence-corrected chi connectivity index (χ4v) is 16.5.